The zero-order chi connectivity index (χ0) is 19.4. The third-order valence-corrected chi connectivity index (χ3v) is 3.42. The van der Waals surface area contributed by atoms with Gasteiger partial charge in [-0.2, -0.15) is 0 Å². The number of nitrogens with one attached hydrogen (secondary N) is 1. The summed E-state index contributed by atoms with van der Waals surface area (Å²) in [7, 11) is 0. The molecule has 1 amide bonds. The maximum atomic E-state index is 12.6. The van der Waals surface area contributed by atoms with E-state index in [2.05, 4.69) is 31.6 Å². The van der Waals surface area contributed by atoms with Crippen LogP contribution < -0.4 is 15.6 Å². The Morgan fingerprint density at radius 1 is 1.11 bits per heavy atom. The van der Waals surface area contributed by atoms with Crippen LogP contribution in [-0.2, 0) is 0 Å². The SMILES string of the molecule is O=C(Nc1ccc(OC(F)(F)Cl)cc1)c1ccc(=O)n(-c2cncnc2)c1. The van der Waals surface area contributed by atoms with E-state index < -0.39 is 11.5 Å². The molecule has 0 fully saturated rings. The number of hydrogen-bond donors (Lipinski definition) is 1. The normalized spacial score (nSPS) is 11.1. The monoisotopic (exact) mass is 392 g/mol. The Labute approximate surface area is 156 Å². The van der Waals surface area contributed by atoms with Crippen molar-refractivity contribution in [3.8, 4) is 11.4 Å². The van der Waals surface area contributed by atoms with Gasteiger partial charge in [-0.25, -0.2) is 9.97 Å². The molecule has 2 heterocycles. The van der Waals surface area contributed by atoms with Crippen molar-refractivity contribution in [2.75, 3.05) is 5.32 Å². The van der Waals surface area contributed by atoms with Gasteiger partial charge in [-0.3, -0.25) is 14.2 Å². The molecule has 0 aliphatic heterocycles. The van der Waals surface area contributed by atoms with Crippen LogP contribution in [0.15, 0.2) is 66.1 Å². The number of carbonyl (C=O) groups excluding carboxylic acids is 1. The van der Waals surface area contributed by atoms with Crippen molar-refractivity contribution >= 4 is 23.2 Å². The standard InChI is InChI=1S/C17H11ClF2N4O3/c18-17(19,20)27-14-4-2-12(3-5-14)23-16(26)11-1-6-15(25)24(9-11)13-7-21-10-22-8-13/h1-10H,(H,23,26). The highest BCUT2D eigenvalue weighted by Crippen LogP contribution is 2.26. The van der Waals surface area contributed by atoms with E-state index in [1.807, 2.05) is 0 Å². The van der Waals surface area contributed by atoms with Crippen molar-refractivity contribution in [2.45, 2.75) is 5.57 Å². The molecule has 0 saturated carbocycles. The number of pyridine rings is 1. The van der Waals surface area contributed by atoms with Gasteiger partial charge in [-0.15, -0.1) is 8.78 Å². The van der Waals surface area contributed by atoms with Crippen LogP contribution in [-0.4, -0.2) is 26.0 Å². The quantitative estimate of drug-likeness (QED) is 0.674. The molecule has 138 valence electrons. The van der Waals surface area contributed by atoms with Gasteiger partial charge in [0.15, 0.2) is 0 Å². The summed E-state index contributed by atoms with van der Waals surface area (Å²) in [5.74, 6) is -0.664. The molecular weight excluding hydrogens is 382 g/mol. The lowest BCUT2D eigenvalue weighted by molar-refractivity contribution is -0.0964. The molecule has 0 bridgehead atoms. The van der Waals surface area contributed by atoms with Crippen LogP contribution in [0.25, 0.3) is 5.69 Å². The van der Waals surface area contributed by atoms with Crippen molar-refractivity contribution in [3.63, 3.8) is 0 Å². The van der Waals surface area contributed by atoms with Gasteiger partial charge in [0.05, 0.1) is 23.6 Å². The Morgan fingerprint density at radius 2 is 1.78 bits per heavy atom. The number of benzene rings is 1. The Balaban J connectivity index is 1.78. The minimum atomic E-state index is -3.82. The first-order valence-electron chi connectivity index (χ1n) is 7.47. The molecule has 0 radical (unpaired) electrons. The highest BCUT2D eigenvalue weighted by molar-refractivity contribution is 6.20. The van der Waals surface area contributed by atoms with Gasteiger partial charge in [-0.1, -0.05) is 0 Å². The minimum Gasteiger partial charge on any atom is -0.420 e. The number of ether oxygens (including phenoxy) is 1. The molecule has 1 N–H and O–H groups in total. The summed E-state index contributed by atoms with van der Waals surface area (Å²) >= 11 is 4.69. The molecule has 0 atom stereocenters. The molecule has 0 aliphatic rings. The number of rotatable bonds is 5. The molecule has 7 nitrogen and oxygen atoms in total. The number of anilines is 1. The predicted molar refractivity (Wildman–Crippen MR) is 93.5 cm³/mol. The Morgan fingerprint density at radius 3 is 2.41 bits per heavy atom. The number of carbonyl (C=O) groups is 1. The van der Waals surface area contributed by atoms with E-state index in [0.717, 1.165) is 0 Å². The number of aromatic nitrogens is 3. The fraction of sp³-hybridized carbons (Fsp3) is 0.0588. The molecule has 1 aromatic carbocycles. The zero-order valence-corrected chi connectivity index (χ0v) is 14.2. The maximum absolute atomic E-state index is 12.6. The third-order valence-electron chi connectivity index (χ3n) is 3.34. The molecule has 0 aliphatic carbocycles. The van der Waals surface area contributed by atoms with Gasteiger partial charge in [-0.05, 0) is 30.3 Å². The second-order valence-corrected chi connectivity index (χ2v) is 5.69. The predicted octanol–water partition coefficient (Wildman–Crippen LogP) is 3.05. The number of amides is 1. The molecule has 3 aromatic rings. The van der Waals surface area contributed by atoms with E-state index in [1.165, 1.54) is 65.9 Å². The summed E-state index contributed by atoms with van der Waals surface area (Å²) in [5.41, 5.74) is -3.23. The topological polar surface area (TPSA) is 86.1 Å². The number of halogens is 3. The first-order chi connectivity index (χ1) is 12.8. The molecule has 2 aromatic heterocycles. The summed E-state index contributed by atoms with van der Waals surface area (Å²) < 4.78 is 30.6. The van der Waals surface area contributed by atoms with E-state index in [9.17, 15) is 18.4 Å². The van der Waals surface area contributed by atoms with Gasteiger partial charge in [0.25, 0.3) is 11.5 Å². The van der Waals surface area contributed by atoms with Gasteiger partial charge in [0.1, 0.15) is 12.1 Å². The van der Waals surface area contributed by atoms with Crippen LogP contribution >= 0.6 is 11.6 Å². The van der Waals surface area contributed by atoms with E-state index >= 15 is 0 Å². The number of nitrogens with zero attached hydrogens (tertiary/aromatic N) is 3. The van der Waals surface area contributed by atoms with Gasteiger partial charge < -0.3 is 10.1 Å². The fourth-order valence-corrected chi connectivity index (χ4v) is 2.27. The summed E-state index contributed by atoms with van der Waals surface area (Å²) in [6.07, 6.45) is 5.53. The van der Waals surface area contributed by atoms with E-state index in [0.29, 0.717) is 11.4 Å². The summed E-state index contributed by atoms with van der Waals surface area (Å²) in [6, 6.07) is 7.81. The highest BCUT2D eigenvalue weighted by Gasteiger charge is 2.27. The van der Waals surface area contributed by atoms with Gasteiger partial charge in [0, 0.05) is 29.6 Å². The molecule has 0 spiro atoms. The summed E-state index contributed by atoms with van der Waals surface area (Å²) in [4.78, 5) is 32.1. The smallest absolute Gasteiger partial charge is 0.420 e. The van der Waals surface area contributed by atoms with Crippen molar-refractivity contribution in [3.05, 3.63) is 77.2 Å². The zero-order valence-electron chi connectivity index (χ0n) is 13.5. The minimum absolute atomic E-state index is 0.161. The lowest BCUT2D eigenvalue weighted by atomic mass is 10.2. The van der Waals surface area contributed by atoms with Crippen LogP contribution in [0.3, 0.4) is 0 Å². The van der Waals surface area contributed by atoms with Crippen LogP contribution in [0.4, 0.5) is 14.5 Å². The van der Waals surface area contributed by atoms with Gasteiger partial charge >= 0.3 is 5.57 Å². The average Bonchev–Trinajstić information content (AvgIpc) is 2.63. The average molecular weight is 393 g/mol. The molecule has 27 heavy (non-hydrogen) atoms. The van der Waals surface area contributed by atoms with Gasteiger partial charge in [0.2, 0.25) is 0 Å². The number of hydrogen-bond acceptors (Lipinski definition) is 5. The third kappa shape index (κ3) is 4.85. The van der Waals surface area contributed by atoms with E-state index in [1.54, 1.807) is 0 Å². The second-order valence-electron chi connectivity index (χ2n) is 5.25. The summed E-state index contributed by atoms with van der Waals surface area (Å²) in [5, 5.41) is 2.58. The Hall–Kier alpha value is -3.33. The van der Waals surface area contributed by atoms with Crippen LogP contribution in [0.5, 0.6) is 5.75 Å². The first-order valence-corrected chi connectivity index (χ1v) is 7.85. The lowest BCUT2D eigenvalue weighted by Gasteiger charge is -2.11. The Kier molecular flexibility index (Phi) is 5.13. The van der Waals surface area contributed by atoms with Crippen LogP contribution in [0, 0.1) is 0 Å². The molecule has 10 heteroatoms. The molecule has 3 rings (SSSR count). The maximum Gasteiger partial charge on any atom is 0.487 e. The van der Waals surface area contributed by atoms with E-state index in [-0.39, 0.29) is 16.9 Å². The lowest BCUT2D eigenvalue weighted by Crippen LogP contribution is -2.21. The van der Waals surface area contributed by atoms with Crippen molar-refractivity contribution in [1.29, 1.82) is 0 Å². The Bertz CT molecular complexity index is 1010. The van der Waals surface area contributed by atoms with Crippen LogP contribution in [0.1, 0.15) is 10.4 Å². The van der Waals surface area contributed by atoms with Crippen LogP contribution in [0.2, 0.25) is 0 Å². The fourth-order valence-electron chi connectivity index (χ4n) is 2.18. The molecule has 0 saturated heterocycles. The molecule has 0 unspecified atom stereocenters. The first kappa shape index (κ1) is 18.5. The largest absolute Gasteiger partial charge is 0.487 e. The van der Waals surface area contributed by atoms with Crippen molar-refractivity contribution in [1.82, 2.24) is 14.5 Å². The molecular formula is C17H11ClF2N4O3. The highest BCUT2D eigenvalue weighted by atomic mass is 35.5. The van der Waals surface area contributed by atoms with Crippen molar-refractivity contribution in [2.24, 2.45) is 0 Å². The number of alkyl halides is 3. The second kappa shape index (κ2) is 7.50. The summed E-state index contributed by atoms with van der Waals surface area (Å²) in [6.45, 7) is 0. The van der Waals surface area contributed by atoms with Crippen molar-refractivity contribution < 1.29 is 18.3 Å². The van der Waals surface area contributed by atoms with E-state index in [4.69, 9.17) is 0 Å².